The molecule has 0 aliphatic rings. The number of halogens is 6. The lowest BCUT2D eigenvalue weighted by atomic mass is 9.80. The number of benzene rings is 1. The Bertz CT molecular complexity index is 709. The number of ether oxygens (including phenoxy) is 1. The third kappa shape index (κ3) is 9.02. The summed E-state index contributed by atoms with van der Waals surface area (Å²) in [6, 6.07) is 9.10. The fraction of sp³-hybridized carbons (Fsp3) is 0.708. The Balaban J connectivity index is 0.000000604. The normalized spacial score (nSPS) is 13.5. The van der Waals surface area contributed by atoms with Crippen molar-refractivity contribution >= 4 is 5.97 Å². The summed E-state index contributed by atoms with van der Waals surface area (Å²) in [6.45, 7) is 17.5. The summed E-state index contributed by atoms with van der Waals surface area (Å²) in [7, 11) is 0. The summed E-state index contributed by atoms with van der Waals surface area (Å²) < 4.78 is 76.0. The van der Waals surface area contributed by atoms with E-state index in [0.717, 1.165) is 0 Å². The average molecular weight is 471 g/mol. The number of hydrogen-bond donors (Lipinski definition) is 0. The van der Waals surface area contributed by atoms with Crippen molar-refractivity contribution < 1.29 is 35.9 Å². The molecule has 0 radical (unpaired) electrons. The molecule has 0 atom stereocenters. The quantitative estimate of drug-likeness (QED) is 0.321. The molecule has 0 unspecified atom stereocenters. The topological polar surface area (TPSA) is 26.3 Å². The monoisotopic (exact) mass is 470 g/mol. The second-order valence-corrected chi connectivity index (χ2v) is 10.2. The second-order valence-electron chi connectivity index (χ2n) is 10.2. The molecule has 0 heterocycles. The molecule has 0 saturated heterocycles. The molecular weight excluding hydrogens is 434 g/mol. The Hall–Kier alpha value is -1.73. The SMILES string of the molecule is CCC(C)(C)C(=O)OC(C(F)(F)F)C(F)(F)F.CCC(C)(C)c1ccc(C(C)(C)C)cc1. The first-order valence-electron chi connectivity index (χ1n) is 10.5. The van der Waals surface area contributed by atoms with Gasteiger partial charge in [-0.2, -0.15) is 26.3 Å². The average Bonchev–Trinajstić information content (AvgIpc) is 2.63. The summed E-state index contributed by atoms with van der Waals surface area (Å²) >= 11 is 0. The van der Waals surface area contributed by atoms with Gasteiger partial charge < -0.3 is 4.74 Å². The Labute approximate surface area is 187 Å². The Morgan fingerprint density at radius 3 is 1.41 bits per heavy atom. The minimum atomic E-state index is -5.67. The van der Waals surface area contributed by atoms with Crippen LogP contribution in [0.2, 0.25) is 0 Å². The first-order valence-corrected chi connectivity index (χ1v) is 10.5. The van der Waals surface area contributed by atoms with Crippen molar-refractivity contribution in [3.05, 3.63) is 35.4 Å². The van der Waals surface area contributed by atoms with Crippen LogP contribution in [0.4, 0.5) is 26.3 Å². The van der Waals surface area contributed by atoms with Crippen molar-refractivity contribution in [3.63, 3.8) is 0 Å². The van der Waals surface area contributed by atoms with Gasteiger partial charge in [-0.1, -0.05) is 72.7 Å². The summed E-state index contributed by atoms with van der Waals surface area (Å²) in [5, 5.41) is 0. The molecule has 0 spiro atoms. The maximum absolute atomic E-state index is 12.1. The second kappa shape index (κ2) is 10.5. The molecule has 0 bridgehead atoms. The van der Waals surface area contributed by atoms with Gasteiger partial charge in [-0.3, -0.25) is 4.79 Å². The molecule has 1 rings (SSSR count). The van der Waals surface area contributed by atoms with E-state index in [1.807, 2.05) is 0 Å². The third-order valence-corrected chi connectivity index (χ3v) is 5.67. The highest BCUT2D eigenvalue weighted by atomic mass is 19.4. The predicted molar refractivity (Wildman–Crippen MR) is 115 cm³/mol. The van der Waals surface area contributed by atoms with Crippen LogP contribution in [0, 0.1) is 5.41 Å². The van der Waals surface area contributed by atoms with E-state index in [9.17, 15) is 31.1 Å². The van der Waals surface area contributed by atoms with Crippen LogP contribution in [0.1, 0.15) is 86.3 Å². The van der Waals surface area contributed by atoms with Crippen LogP contribution in [0.25, 0.3) is 0 Å². The molecular formula is C24H36F6O2. The van der Waals surface area contributed by atoms with Crippen LogP contribution in [0.15, 0.2) is 24.3 Å². The highest BCUT2D eigenvalue weighted by molar-refractivity contribution is 5.76. The van der Waals surface area contributed by atoms with Crippen molar-refractivity contribution in [2.75, 3.05) is 0 Å². The van der Waals surface area contributed by atoms with Crippen LogP contribution < -0.4 is 0 Å². The number of esters is 1. The molecule has 1 aromatic rings. The highest BCUT2D eigenvalue weighted by Crippen LogP contribution is 2.37. The van der Waals surface area contributed by atoms with E-state index in [1.165, 1.54) is 38.3 Å². The van der Waals surface area contributed by atoms with Gasteiger partial charge in [0.2, 0.25) is 0 Å². The molecule has 0 aliphatic heterocycles. The third-order valence-electron chi connectivity index (χ3n) is 5.67. The Morgan fingerprint density at radius 1 is 0.750 bits per heavy atom. The van der Waals surface area contributed by atoms with Crippen LogP contribution in [-0.2, 0) is 20.4 Å². The van der Waals surface area contributed by atoms with Gasteiger partial charge in [0.15, 0.2) is 0 Å². The van der Waals surface area contributed by atoms with E-state index >= 15 is 0 Å². The number of carbonyl (C=O) groups excluding carboxylic acids is 1. The van der Waals surface area contributed by atoms with Gasteiger partial charge in [0.1, 0.15) is 0 Å². The van der Waals surface area contributed by atoms with Crippen molar-refractivity contribution in [2.45, 2.75) is 104 Å². The molecule has 0 amide bonds. The summed E-state index contributed by atoms with van der Waals surface area (Å²) in [4.78, 5) is 11.2. The molecule has 1 aromatic carbocycles. The van der Waals surface area contributed by atoms with Crippen molar-refractivity contribution in [1.29, 1.82) is 0 Å². The maximum atomic E-state index is 12.1. The van der Waals surface area contributed by atoms with Gasteiger partial charge in [-0.25, -0.2) is 0 Å². The first kappa shape index (κ1) is 30.3. The minimum absolute atomic E-state index is 0.0638. The largest absolute Gasteiger partial charge is 0.442 e. The van der Waals surface area contributed by atoms with E-state index in [2.05, 4.69) is 70.5 Å². The molecule has 32 heavy (non-hydrogen) atoms. The van der Waals surface area contributed by atoms with Crippen LogP contribution >= 0.6 is 0 Å². The molecule has 0 N–H and O–H groups in total. The molecule has 0 fully saturated rings. The fourth-order valence-electron chi connectivity index (χ4n) is 2.36. The van der Waals surface area contributed by atoms with Gasteiger partial charge >= 0.3 is 18.3 Å². The summed E-state index contributed by atoms with van der Waals surface area (Å²) in [5.74, 6) is -1.53. The van der Waals surface area contributed by atoms with Crippen LogP contribution in [0.3, 0.4) is 0 Å². The highest BCUT2D eigenvalue weighted by Gasteiger charge is 2.60. The minimum Gasteiger partial charge on any atom is -0.442 e. The van der Waals surface area contributed by atoms with Gasteiger partial charge in [0.25, 0.3) is 6.10 Å². The maximum Gasteiger partial charge on any atom is 0.434 e. The van der Waals surface area contributed by atoms with E-state index in [1.54, 1.807) is 0 Å². The molecule has 8 heteroatoms. The number of carbonyl (C=O) groups is 1. The van der Waals surface area contributed by atoms with Gasteiger partial charge in [0, 0.05) is 0 Å². The Kier molecular flexibility index (Phi) is 9.90. The smallest absolute Gasteiger partial charge is 0.434 e. The Morgan fingerprint density at radius 2 is 1.12 bits per heavy atom. The molecule has 186 valence electrons. The van der Waals surface area contributed by atoms with Crippen LogP contribution in [0.5, 0.6) is 0 Å². The van der Waals surface area contributed by atoms with Crippen molar-refractivity contribution in [1.82, 2.24) is 0 Å². The number of rotatable bonds is 5. The zero-order chi connectivity index (χ0) is 25.8. The number of alkyl halides is 6. The van der Waals surface area contributed by atoms with Crippen LogP contribution in [-0.4, -0.2) is 24.4 Å². The van der Waals surface area contributed by atoms with Gasteiger partial charge in [-0.15, -0.1) is 0 Å². The molecule has 0 aliphatic carbocycles. The zero-order valence-electron chi connectivity index (χ0n) is 20.4. The summed E-state index contributed by atoms with van der Waals surface area (Å²) in [5.41, 5.74) is 2.02. The van der Waals surface area contributed by atoms with E-state index < -0.39 is 29.8 Å². The molecule has 2 nitrogen and oxygen atoms in total. The fourth-order valence-corrected chi connectivity index (χ4v) is 2.36. The van der Waals surface area contributed by atoms with Crippen molar-refractivity contribution in [3.8, 4) is 0 Å². The molecule has 0 aromatic heterocycles. The van der Waals surface area contributed by atoms with E-state index in [-0.39, 0.29) is 11.8 Å². The standard InChI is InChI=1S/C15H24.C9H12F6O2/c1-7-15(5,6)13-10-8-12(9-11-13)14(2,3)4;1-4-7(2,3)6(16)17-5(8(10,11)12)9(13,14)15/h8-11H,7H2,1-6H3;5H,4H2,1-3H3. The summed E-state index contributed by atoms with van der Waals surface area (Å²) in [6.07, 6.45) is -14.2. The number of hydrogen-bond acceptors (Lipinski definition) is 2. The van der Waals surface area contributed by atoms with E-state index in [4.69, 9.17) is 0 Å². The van der Waals surface area contributed by atoms with Gasteiger partial charge in [0.05, 0.1) is 5.41 Å². The lowest BCUT2D eigenvalue weighted by molar-refractivity contribution is -0.315. The first-order chi connectivity index (χ1) is 14.1. The van der Waals surface area contributed by atoms with Gasteiger partial charge in [-0.05, 0) is 48.6 Å². The lowest BCUT2D eigenvalue weighted by Crippen LogP contribution is -2.47. The predicted octanol–water partition coefficient (Wildman–Crippen LogP) is 8.13. The molecule has 0 saturated carbocycles. The van der Waals surface area contributed by atoms with E-state index in [0.29, 0.717) is 5.41 Å². The zero-order valence-corrected chi connectivity index (χ0v) is 20.4. The van der Waals surface area contributed by atoms with Crippen molar-refractivity contribution in [2.24, 2.45) is 5.41 Å². The lowest BCUT2D eigenvalue weighted by Gasteiger charge is -2.27.